The van der Waals surface area contributed by atoms with Gasteiger partial charge >= 0.3 is 0 Å². The van der Waals surface area contributed by atoms with Gasteiger partial charge in [0.1, 0.15) is 0 Å². The predicted molar refractivity (Wildman–Crippen MR) is 74.0 cm³/mol. The monoisotopic (exact) mass is 276 g/mol. The molecule has 1 saturated carbocycles. The topological polar surface area (TPSA) is 50.4 Å². The highest BCUT2D eigenvalue weighted by molar-refractivity contribution is 5.85. The highest BCUT2D eigenvalue weighted by atomic mass is 35.5. The molecular weight excluding hydrogens is 252 g/mol. The summed E-state index contributed by atoms with van der Waals surface area (Å²) in [6.45, 7) is 1.43. The number of fused-ring (bicyclic) bond motifs is 1. The third-order valence-electron chi connectivity index (χ3n) is 4.00. The van der Waals surface area contributed by atoms with Crippen LogP contribution in [-0.2, 0) is 9.53 Å². The zero-order valence-corrected chi connectivity index (χ0v) is 11.9. The fraction of sp³-hybridized carbons (Fsp3) is 0.923. The van der Waals surface area contributed by atoms with Crippen LogP contribution in [0.25, 0.3) is 0 Å². The van der Waals surface area contributed by atoms with Gasteiger partial charge in [-0.3, -0.25) is 4.79 Å². The molecule has 2 aliphatic rings. The van der Waals surface area contributed by atoms with Crippen molar-refractivity contribution >= 4 is 18.3 Å². The minimum absolute atomic E-state index is 0. The summed E-state index contributed by atoms with van der Waals surface area (Å²) in [5, 5.41) is 6.48. The molecule has 0 radical (unpaired) electrons. The number of carbonyl (C=O) groups is 1. The summed E-state index contributed by atoms with van der Waals surface area (Å²) >= 11 is 0. The average Bonchev–Trinajstić information content (AvgIpc) is 2.78. The number of hydrogen-bond acceptors (Lipinski definition) is 3. The summed E-state index contributed by atoms with van der Waals surface area (Å²) in [5.41, 5.74) is 0. The van der Waals surface area contributed by atoms with Crippen molar-refractivity contribution in [2.24, 2.45) is 5.92 Å². The molecule has 3 atom stereocenters. The maximum Gasteiger partial charge on any atom is 0.237 e. The van der Waals surface area contributed by atoms with Gasteiger partial charge in [0.15, 0.2) is 0 Å². The minimum Gasteiger partial charge on any atom is -0.385 e. The van der Waals surface area contributed by atoms with Crippen molar-refractivity contribution in [3.05, 3.63) is 0 Å². The summed E-state index contributed by atoms with van der Waals surface area (Å²) in [6, 6.07) is 0.643. The lowest BCUT2D eigenvalue weighted by Crippen LogP contribution is -2.43. The molecule has 5 heteroatoms. The SMILES string of the molecule is COCCCNC(=O)C1CC2CCCCC2N1.Cl. The van der Waals surface area contributed by atoms with Gasteiger partial charge in [0.05, 0.1) is 6.04 Å². The molecule has 4 nitrogen and oxygen atoms in total. The first-order valence-corrected chi connectivity index (χ1v) is 6.84. The number of rotatable bonds is 5. The number of methoxy groups -OCH3 is 1. The van der Waals surface area contributed by atoms with Crippen LogP contribution in [0.15, 0.2) is 0 Å². The van der Waals surface area contributed by atoms with Gasteiger partial charge in [-0.15, -0.1) is 12.4 Å². The minimum atomic E-state index is 0. The van der Waals surface area contributed by atoms with E-state index < -0.39 is 0 Å². The Kier molecular flexibility index (Phi) is 6.97. The number of amides is 1. The van der Waals surface area contributed by atoms with Crippen molar-refractivity contribution in [2.45, 2.75) is 50.6 Å². The molecule has 0 aromatic carbocycles. The maximum atomic E-state index is 11.9. The summed E-state index contributed by atoms with van der Waals surface area (Å²) in [6.07, 6.45) is 7.12. The highest BCUT2D eigenvalue weighted by Gasteiger charge is 2.37. The molecule has 1 saturated heterocycles. The van der Waals surface area contributed by atoms with Crippen LogP contribution in [0.2, 0.25) is 0 Å². The van der Waals surface area contributed by atoms with Gasteiger partial charge in [-0.1, -0.05) is 12.8 Å². The van der Waals surface area contributed by atoms with Crippen LogP contribution < -0.4 is 10.6 Å². The Morgan fingerprint density at radius 1 is 1.39 bits per heavy atom. The molecule has 0 aromatic rings. The standard InChI is InChI=1S/C13H24N2O2.ClH/c1-17-8-4-7-14-13(16)12-9-10-5-2-3-6-11(10)15-12;/h10-12,15H,2-9H2,1H3,(H,14,16);1H. The summed E-state index contributed by atoms with van der Waals surface area (Å²) < 4.78 is 4.96. The maximum absolute atomic E-state index is 11.9. The zero-order chi connectivity index (χ0) is 12.1. The van der Waals surface area contributed by atoms with Crippen LogP contribution in [0.1, 0.15) is 38.5 Å². The van der Waals surface area contributed by atoms with E-state index in [2.05, 4.69) is 10.6 Å². The van der Waals surface area contributed by atoms with E-state index in [1.807, 2.05) is 0 Å². The number of hydrogen-bond donors (Lipinski definition) is 2. The second-order valence-electron chi connectivity index (χ2n) is 5.24. The second kappa shape index (κ2) is 7.97. The van der Waals surface area contributed by atoms with Crippen molar-refractivity contribution < 1.29 is 9.53 Å². The Morgan fingerprint density at radius 2 is 2.17 bits per heavy atom. The molecule has 1 aliphatic carbocycles. The average molecular weight is 277 g/mol. The van der Waals surface area contributed by atoms with Crippen molar-refractivity contribution in [1.29, 1.82) is 0 Å². The largest absolute Gasteiger partial charge is 0.385 e. The summed E-state index contributed by atoms with van der Waals surface area (Å²) in [5.74, 6) is 0.911. The second-order valence-corrected chi connectivity index (χ2v) is 5.24. The van der Waals surface area contributed by atoms with Gasteiger partial charge in [0.2, 0.25) is 5.91 Å². The van der Waals surface area contributed by atoms with E-state index in [-0.39, 0.29) is 24.4 Å². The van der Waals surface area contributed by atoms with Crippen LogP contribution in [0.4, 0.5) is 0 Å². The lowest BCUT2D eigenvalue weighted by Gasteiger charge is -2.24. The molecule has 2 fully saturated rings. The Labute approximate surface area is 116 Å². The van der Waals surface area contributed by atoms with Crippen LogP contribution in [-0.4, -0.2) is 38.3 Å². The normalized spacial score (nSPS) is 30.4. The number of nitrogens with one attached hydrogen (secondary N) is 2. The van der Waals surface area contributed by atoms with Gasteiger partial charge in [-0.05, 0) is 31.6 Å². The van der Waals surface area contributed by atoms with Gasteiger partial charge in [-0.2, -0.15) is 0 Å². The molecule has 1 amide bonds. The molecular formula is C13H25ClN2O2. The Bertz CT molecular complexity index is 249. The third-order valence-corrected chi connectivity index (χ3v) is 4.00. The quantitative estimate of drug-likeness (QED) is 0.748. The molecule has 0 bridgehead atoms. The van der Waals surface area contributed by atoms with Crippen molar-refractivity contribution in [3.63, 3.8) is 0 Å². The van der Waals surface area contributed by atoms with E-state index >= 15 is 0 Å². The Hall–Kier alpha value is -0.320. The molecule has 0 aromatic heterocycles. The molecule has 0 spiro atoms. The van der Waals surface area contributed by atoms with Crippen molar-refractivity contribution in [1.82, 2.24) is 10.6 Å². The molecule has 2 N–H and O–H groups in total. The Balaban J connectivity index is 0.00000162. The lowest BCUT2D eigenvalue weighted by molar-refractivity contribution is -0.122. The molecule has 3 unspecified atom stereocenters. The van der Waals surface area contributed by atoms with Gasteiger partial charge < -0.3 is 15.4 Å². The van der Waals surface area contributed by atoms with E-state index in [1.54, 1.807) is 7.11 Å². The van der Waals surface area contributed by atoms with E-state index in [0.29, 0.717) is 12.6 Å². The lowest BCUT2D eigenvalue weighted by atomic mass is 9.85. The van der Waals surface area contributed by atoms with E-state index in [0.717, 1.165) is 25.3 Å². The summed E-state index contributed by atoms with van der Waals surface area (Å²) in [7, 11) is 1.69. The first kappa shape index (κ1) is 15.7. The summed E-state index contributed by atoms with van der Waals surface area (Å²) in [4.78, 5) is 11.9. The van der Waals surface area contributed by atoms with Gasteiger partial charge in [-0.25, -0.2) is 0 Å². The van der Waals surface area contributed by atoms with Crippen LogP contribution in [0.3, 0.4) is 0 Å². The molecule has 2 rings (SSSR count). The highest BCUT2D eigenvalue weighted by Crippen LogP contribution is 2.33. The zero-order valence-electron chi connectivity index (χ0n) is 11.1. The first-order chi connectivity index (χ1) is 8.31. The number of ether oxygens (including phenoxy) is 1. The molecule has 18 heavy (non-hydrogen) atoms. The predicted octanol–water partition coefficient (Wildman–Crippen LogP) is 1.48. The molecule has 1 heterocycles. The third kappa shape index (κ3) is 4.11. The van der Waals surface area contributed by atoms with Crippen molar-refractivity contribution in [3.8, 4) is 0 Å². The molecule has 1 aliphatic heterocycles. The first-order valence-electron chi connectivity index (χ1n) is 6.84. The fourth-order valence-corrected chi connectivity index (χ4v) is 3.07. The van der Waals surface area contributed by atoms with E-state index in [4.69, 9.17) is 4.74 Å². The number of carbonyl (C=O) groups excluding carboxylic acids is 1. The van der Waals surface area contributed by atoms with Crippen LogP contribution in [0, 0.1) is 5.92 Å². The van der Waals surface area contributed by atoms with Gasteiger partial charge in [0, 0.05) is 26.3 Å². The Morgan fingerprint density at radius 3 is 2.89 bits per heavy atom. The smallest absolute Gasteiger partial charge is 0.237 e. The molecule has 106 valence electrons. The van der Waals surface area contributed by atoms with Gasteiger partial charge in [0.25, 0.3) is 0 Å². The van der Waals surface area contributed by atoms with Crippen molar-refractivity contribution in [2.75, 3.05) is 20.3 Å². The number of halogens is 1. The fourth-order valence-electron chi connectivity index (χ4n) is 3.07. The van der Waals surface area contributed by atoms with Crippen LogP contribution in [0.5, 0.6) is 0 Å². The van der Waals surface area contributed by atoms with Crippen LogP contribution >= 0.6 is 12.4 Å². The van der Waals surface area contributed by atoms with E-state index in [9.17, 15) is 4.79 Å². The van der Waals surface area contributed by atoms with E-state index in [1.165, 1.54) is 25.7 Å².